The maximum absolute atomic E-state index is 12.8. The van der Waals surface area contributed by atoms with Gasteiger partial charge < -0.3 is 16.3 Å². The van der Waals surface area contributed by atoms with E-state index in [2.05, 4.69) is 10.5 Å². The fourth-order valence-corrected chi connectivity index (χ4v) is 1.64. The summed E-state index contributed by atoms with van der Waals surface area (Å²) < 4.78 is 12.8. The molecule has 0 spiro atoms. The monoisotopic (exact) mass is 273 g/mol. The van der Waals surface area contributed by atoms with Crippen LogP contribution in [0.2, 0.25) is 5.02 Å². The summed E-state index contributed by atoms with van der Waals surface area (Å²) in [6.07, 6.45) is 0.649. The number of oxime groups is 1. The molecule has 0 aromatic heterocycles. The van der Waals surface area contributed by atoms with Crippen LogP contribution in [-0.2, 0) is 0 Å². The zero-order chi connectivity index (χ0) is 13.8. The maximum atomic E-state index is 12.8. The van der Waals surface area contributed by atoms with E-state index in [4.69, 9.17) is 22.5 Å². The first-order valence-electron chi connectivity index (χ1n) is 5.54. The normalized spacial score (nSPS) is 12.6. The van der Waals surface area contributed by atoms with Crippen LogP contribution >= 0.6 is 11.6 Å². The van der Waals surface area contributed by atoms with Gasteiger partial charge in [-0.05, 0) is 24.6 Å². The van der Waals surface area contributed by atoms with E-state index in [-0.39, 0.29) is 11.7 Å². The Balaban J connectivity index is 2.57. The zero-order valence-electron chi connectivity index (χ0n) is 10.4. The summed E-state index contributed by atoms with van der Waals surface area (Å²) in [5.74, 6) is -0.197. The molecule has 0 saturated heterocycles. The van der Waals surface area contributed by atoms with Crippen molar-refractivity contribution >= 4 is 23.1 Å². The topological polar surface area (TPSA) is 70.6 Å². The Labute approximate surface area is 111 Å². The number of nitrogens with one attached hydrogen (secondary N) is 1. The van der Waals surface area contributed by atoms with Crippen molar-refractivity contribution in [1.82, 2.24) is 0 Å². The summed E-state index contributed by atoms with van der Waals surface area (Å²) in [6, 6.07) is 4.16. The molecular formula is C12H17ClFN3O. The van der Waals surface area contributed by atoms with Gasteiger partial charge in [0.15, 0.2) is 0 Å². The second-order valence-electron chi connectivity index (χ2n) is 4.67. The Morgan fingerprint density at radius 3 is 2.78 bits per heavy atom. The number of amidine groups is 1. The molecule has 0 heterocycles. The highest BCUT2D eigenvalue weighted by Gasteiger charge is 2.22. The van der Waals surface area contributed by atoms with E-state index in [9.17, 15) is 4.39 Å². The van der Waals surface area contributed by atoms with E-state index in [1.165, 1.54) is 12.1 Å². The number of nitrogens with zero attached hydrogens (tertiary/aromatic N) is 1. The third-order valence-electron chi connectivity index (χ3n) is 2.80. The highest BCUT2D eigenvalue weighted by molar-refractivity contribution is 6.33. The molecule has 0 amide bonds. The first-order valence-corrected chi connectivity index (χ1v) is 5.91. The lowest BCUT2D eigenvalue weighted by Gasteiger charge is -2.23. The second kappa shape index (κ2) is 5.91. The SMILES string of the molecule is CC(C)(CCNc1ccc(F)cc1Cl)C(N)=NO. The Hall–Kier alpha value is -1.49. The number of nitrogens with two attached hydrogens (primary N) is 1. The molecule has 0 radical (unpaired) electrons. The maximum Gasteiger partial charge on any atom is 0.144 e. The third-order valence-corrected chi connectivity index (χ3v) is 3.11. The quantitative estimate of drug-likeness (QED) is 0.334. The largest absolute Gasteiger partial charge is 0.409 e. The predicted octanol–water partition coefficient (Wildman–Crippen LogP) is 3.05. The Morgan fingerprint density at radius 1 is 1.56 bits per heavy atom. The van der Waals surface area contributed by atoms with Crippen LogP contribution < -0.4 is 11.1 Å². The minimum absolute atomic E-state index is 0.175. The molecule has 18 heavy (non-hydrogen) atoms. The van der Waals surface area contributed by atoms with Gasteiger partial charge in [-0.1, -0.05) is 30.6 Å². The van der Waals surface area contributed by atoms with Crippen LogP contribution in [-0.4, -0.2) is 17.6 Å². The van der Waals surface area contributed by atoms with Gasteiger partial charge in [0.05, 0.1) is 10.7 Å². The summed E-state index contributed by atoms with van der Waals surface area (Å²) >= 11 is 5.88. The number of hydrogen-bond donors (Lipinski definition) is 3. The molecule has 0 aliphatic heterocycles. The smallest absolute Gasteiger partial charge is 0.144 e. The standard InChI is InChI=1S/C12H17ClFN3O/c1-12(2,11(15)17-18)5-6-16-10-4-3-8(14)7-9(10)13/h3-4,7,16,18H,5-6H2,1-2H3,(H2,15,17). The van der Waals surface area contributed by atoms with Gasteiger partial charge in [-0.15, -0.1) is 0 Å². The van der Waals surface area contributed by atoms with Crippen molar-refractivity contribution in [2.24, 2.45) is 16.3 Å². The van der Waals surface area contributed by atoms with E-state index in [0.29, 0.717) is 23.7 Å². The summed E-state index contributed by atoms with van der Waals surface area (Å²) in [5, 5.41) is 15.1. The lowest BCUT2D eigenvalue weighted by atomic mass is 9.88. The first-order chi connectivity index (χ1) is 8.36. The zero-order valence-corrected chi connectivity index (χ0v) is 11.1. The van der Waals surface area contributed by atoms with Crippen molar-refractivity contribution in [3.05, 3.63) is 29.0 Å². The van der Waals surface area contributed by atoms with E-state index in [1.807, 2.05) is 13.8 Å². The van der Waals surface area contributed by atoms with Gasteiger partial charge in [0.2, 0.25) is 0 Å². The first kappa shape index (κ1) is 14.6. The molecule has 0 aliphatic carbocycles. The summed E-state index contributed by atoms with van der Waals surface area (Å²) in [4.78, 5) is 0. The van der Waals surface area contributed by atoms with Gasteiger partial charge in [-0.3, -0.25) is 0 Å². The van der Waals surface area contributed by atoms with E-state index < -0.39 is 5.41 Å². The molecule has 0 aliphatic rings. The number of halogens is 2. The van der Waals surface area contributed by atoms with Crippen LogP contribution in [0.15, 0.2) is 23.4 Å². The molecule has 0 fully saturated rings. The minimum atomic E-state index is -0.422. The molecule has 4 N–H and O–H groups in total. The van der Waals surface area contributed by atoms with Crippen LogP contribution in [0.25, 0.3) is 0 Å². The Bertz CT molecular complexity index is 449. The van der Waals surface area contributed by atoms with Crippen molar-refractivity contribution in [1.29, 1.82) is 0 Å². The molecule has 0 unspecified atom stereocenters. The number of rotatable bonds is 5. The number of anilines is 1. The molecular weight excluding hydrogens is 257 g/mol. The highest BCUT2D eigenvalue weighted by atomic mass is 35.5. The van der Waals surface area contributed by atoms with Crippen LogP contribution in [0.4, 0.5) is 10.1 Å². The number of benzene rings is 1. The predicted molar refractivity (Wildman–Crippen MR) is 71.7 cm³/mol. The molecule has 1 aromatic rings. The Morgan fingerprint density at radius 2 is 2.22 bits per heavy atom. The molecule has 0 saturated carbocycles. The summed E-state index contributed by atoms with van der Waals surface area (Å²) in [6.45, 7) is 4.32. The van der Waals surface area contributed by atoms with E-state index >= 15 is 0 Å². The van der Waals surface area contributed by atoms with E-state index in [1.54, 1.807) is 6.07 Å². The summed E-state index contributed by atoms with van der Waals surface area (Å²) in [7, 11) is 0. The molecule has 100 valence electrons. The lowest BCUT2D eigenvalue weighted by Crippen LogP contribution is -2.33. The van der Waals surface area contributed by atoms with Crippen LogP contribution in [0.3, 0.4) is 0 Å². The van der Waals surface area contributed by atoms with Crippen molar-refractivity contribution in [3.63, 3.8) is 0 Å². The highest BCUT2D eigenvalue weighted by Crippen LogP contribution is 2.24. The lowest BCUT2D eigenvalue weighted by molar-refractivity contribution is 0.306. The van der Waals surface area contributed by atoms with Gasteiger partial charge in [0.1, 0.15) is 11.7 Å². The van der Waals surface area contributed by atoms with Crippen LogP contribution in [0.5, 0.6) is 0 Å². The number of hydrogen-bond acceptors (Lipinski definition) is 3. The fourth-order valence-electron chi connectivity index (χ4n) is 1.41. The van der Waals surface area contributed by atoms with Gasteiger partial charge >= 0.3 is 0 Å². The fraction of sp³-hybridized carbons (Fsp3) is 0.417. The second-order valence-corrected chi connectivity index (χ2v) is 5.08. The minimum Gasteiger partial charge on any atom is -0.409 e. The van der Waals surface area contributed by atoms with Crippen molar-refractivity contribution in [3.8, 4) is 0 Å². The van der Waals surface area contributed by atoms with E-state index in [0.717, 1.165) is 0 Å². The molecule has 0 atom stereocenters. The summed E-state index contributed by atoms with van der Waals surface area (Å²) in [5.41, 5.74) is 5.81. The van der Waals surface area contributed by atoms with Gasteiger partial charge in [0, 0.05) is 12.0 Å². The van der Waals surface area contributed by atoms with Gasteiger partial charge in [-0.25, -0.2) is 4.39 Å². The average Bonchev–Trinajstić information content (AvgIpc) is 2.30. The Kier molecular flexibility index (Phi) is 4.78. The van der Waals surface area contributed by atoms with Crippen LogP contribution in [0.1, 0.15) is 20.3 Å². The van der Waals surface area contributed by atoms with Gasteiger partial charge in [0.25, 0.3) is 0 Å². The van der Waals surface area contributed by atoms with Crippen molar-refractivity contribution < 1.29 is 9.60 Å². The average molecular weight is 274 g/mol. The molecule has 1 rings (SSSR count). The van der Waals surface area contributed by atoms with Crippen LogP contribution in [0, 0.1) is 11.2 Å². The third kappa shape index (κ3) is 3.77. The van der Waals surface area contributed by atoms with Crippen molar-refractivity contribution in [2.75, 3.05) is 11.9 Å². The molecule has 1 aromatic carbocycles. The molecule has 0 bridgehead atoms. The molecule has 6 heteroatoms. The van der Waals surface area contributed by atoms with Gasteiger partial charge in [-0.2, -0.15) is 0 Å². The van der Waals surface area contributed by atoms with Crippen molar-refractivity contribution in [2.45, 2.75) is 20.3 Å². The molecule has 4 nitrogen and oxygen atoms in total.